The molecular formula is C5H8N2OS. The highest BCUT2D eigenvalue weighted by atomic mass is 32.2. The maximum atomic E-state index is 10.6. The Kier molecular flexibility index (Phi) is 1.48. The van der Waals surface area contributed by atoms with Crippen molar-refractivity contribution in [2.45, 2.75) is 12.5 Å². The zero-order valence-electron chi connectivity index (χ0n) is 5.13. The first-order chi connectivity index (χ1) is 4.15. The van der Waals surface area contributed by atoms with Gasteiger partial charge in [0.2, 0.25) is 5.91 Å². The van der Waals surface area contributed by atoms with Gasteiger partial charge in [0.05, 0.1) is 5.55 Å². The first-order valence-electron chi connectivity index (χ1n) is 2.60. The Hall–Kier alpha value is -0.510. The van der Waals surface area contributed by atoms with Crippen LogP contribution < -0.4 is 5.73 Å². The van der Waals surface area contributed by atoms with Crippen molar-refractivity contribution in [1.82, 2.24) is 0 Å². The molecule has 1 amide bonds. The number of amides is 1. The van der Waals surface area contributed by atoms with E-state index in [0.29, 0.717) is 5.75 Å². The van der Waals surface area contributed by atoms with Gasteiger partial charge in [-0.1, -0.05) is 0 Å². The van der Waals surface area contributed by atoms with E-state index in [1.54, 1.807) is 12.5 Å². The highest BCUT2D eigenvalue weighted by Crippen LogP contribution is 2.21. The number of nitrogens with zero attached hydrogens (tertiary/aromatic N) is 1. The molecule has 0 radical (unpaired) electrons. The molecule has 0 aromatic heterocycles. The predicted molar refractivity (Wildman–Crippen MR) is 38.5 cm³/mol. The van der Waals surface area contributed by atoms with Gasteiger partial charge in [-0.05, 0) is 6.92 Å². The highest BCUT2D eigenvalue weighted by molar-refractivity contribution is 8.12. The third-order valence-electron chi connectivity index (χ3n) is 1.31. The zero-order valence-corrected chi connectivity index (χ0v) is 5.94. The van der Waals surface area contributed by atoms with Crippen molar-refractivity contribution in [1.29, 1.82) is 0 Å². The normalized spacial score (nSPS) is 33.0. The summed E-state index contributed by atoms with van der Waals surface area (Å²) in [4.78, 5) is 14.5. The Morgan fingerprint density at radius 1 is 2.00 bits per heavy atom. The molecule has 3 nitrogen and oxygen atoms in total. The molecule has 0 bridgehead atoms. The zero-order chi connectivity index (χ0) is 6.91. The minimum Gasteiger partial charge on any atom is -0.368 e. The lowest BCUT2D eigenvalue weighted by Gasteiger charge is -2.13. The van der Waals surface area contributed by atoms with Crippen LogP contribution in [-0.4, -0.2) is 22.7 Å². The van der Waals surface area contributed by atoms with Crippen LogP contribution >= 0.6 is 11.8 Å². The molecule has 0 saturated carbocycles. The first-order valence-corrected chi connectivity index (χ1v) is 3.65. The van der Waals surface area contributed by atoms with E-state index < -0.39 is 5.54 Å². The van der Waals surface area contributed by atoms with Crippen LogP contribution in [0.5, 0.6) is 0 Å². The molecule has 50 valence electrons. The van der Waals surface area contributed by atoms with E-state index >= 15 is 0 Å². The number of primary amides is 1. The molecule has 0 saturated heterocycles. The fourth-order valence-electron chi connectivity index (χ4n) is 0.525. The largest absolute Gasteiger partial charge is 0.368 e. The third kappa shape index (κ3) is 1.08. The molecule has 1 aliphatic heterocycles. The number of rotatable bonds is 1. The van der Waals surface area contributed by atoms with Crippen LogP contribution in [-0.2, 0) is 4.79 Å². The molecule has 1 aliphatic rings. The predicted octanol–water partition coefficient (Wildman–Crippen LogP) is 0.00550. The minimum absolute atomic E-state index is 0.344. The molecule has 1 heterocycles. The fraction of sp³-hybridized carbons (Fsp3) is 0.600. The van der Waals surface area contributed by atoms with E-state index in [9.17, 15) is 4.79 Å². The van der Waals surface area contributed by atoms with Gasteiger partial charge < -0.3 is 5.73 Å². The molecule has 2 N–H and O–H groups in total. The number of hydrogen-bond donors (Lipinski definition) is 1. The second-order valence-electron chi connectivity index (χ2n) is 2.18. The Labute approximate surface area is 57.7 Å². The van der Waals surface area contributed by atoms with Crippen LogP contribution in [0.3, 0.4) is 0 Å². The van der Waals surface area contributed by atoms with Gasteiger partial charge in [-0.15, -0.1) is 11.8 Å². The fourth-order valence-corrected chi connectivity index (χ4v) is 1.45. The second-order valence-corrected chi connectivity index (χ2v) is 3.02. The lowest BCUT2D eigenvalue weighted by Crippen LogP contribution is -2.39. The molecule has 0 fully saturated rings. The maximum Gasteiger partial charge on any atom is 0.245 e. The Balaban J connectivity index is 2.74. The quantitative estimate of drug-likeness (QED) is 0.563. The molecule has 1 atom stereocenters. The summed E-state index contributed by atoms with van der Waals surface area (Å²) >= 11 is 1.52. The lowest BCUT2D eigenvalue weighted by molar-refractivity contribution is -0.121. The van der Waals surface area contributed by atoms with Gasteiger partial charge in [0.15, 0.2) is 0 Å². The first kappa shape index (κ1) is 6.61. The van der Waals surface area contributed by atoms with Crippen LogP contribution in [0.1, 0.15) is 6.92 Å². The number of aliphatic imine (C=N–C) groups is 1. The number of carbonyl (C=O) groups is 1. The highest BCUT2D eigenvalue weighted by Gasteiger charge is 2.32. The molecule has 0 aromatic rings. The Bertz CT molecular complexity index is 168. The Morgan fingerprint density at radius 3 is 2.89 bits per heavy atom. The summed E-state index contributed by atoms with van der Waals surface area (Å²) < 4.78 is 0. The summed E-state index contributed by atoms with van der Waals surface area (Å²) in [6.07, 6.45) is 0. The monoisotopic (exact) mass is 144 g/mol. The number of hydrogen-bond acceptors (Lipinski definition) is 3. The molecule has 0 spiro atoms. The molecule has 1 rings (SSSR count). The van der Waals surface area contributed by atoms with Gasteiger partial charge in [0.1, 0.15) is 5.54 Å². The van der Waals surface area contributed by atoms with Gasteiger partial charge in [-0.25, -0.2) is 0 Å². The van der Waals surface area contributed by atoms with Crippen LogP contribution in [0.4, 0.5) is 0 Å². The maximum absolute atomic E-state index is 10.6. The van der Waals surface area contributed by atoms with Crippen LogP contribution in [0, 0.1) is 0 Å². The van der Waals surface area contributed by atoms with Gasteiger partial charge >= 0.3 is 0 Å². The average molecular weight is 144 g/mol. The third-order valence-corrected chi connectivity index (χ3v) is 2.29. The molecule has 1 unspecified atom stereocenters. The van der Waals surface area contributed by atoms with Crippen molar-refractivity contribution in [2.75, 3.05) is 5.75 Å². The van der Waals surface area contributed by atoms with Gasteiger partial charge in [0, 0.05) is 5.75 Å². The van der Waals surface area contributed by atoms with Crippen molar-refractivity contribution in [3.63, 3.8) is 0 Å². The lowest BCUT2D eigenvalue weighted by atomic mass is 10.1. The van der Waals surface area contributed by atoms with Gasteiger partial charge in [-0.2, -0.15) is 0 Å². The van der Waals surface area contributed by atoms with Crippen LogP contribution in [0.2, 0.25) is 0 Å². The van der Waals surface area contributed by atoms with Crippen LogP contribution in [0.25, 0.3) is 0 Å². The number of thioether (sulfide) groups is 1. The summed E-state index contributed by atoms with van der Waals surface area (Å²) in [5.41, 5.74) is 6.10. The summed E-state index contributed by atoms with van der Waals surface area (Å²) in [5.74, 6) is 0.339. The van der Waals surface area contributed by atoms with Crippen molar-refractivity contribution in [2.24, 2.45) is 10.7 Å². The molecule has 0 aromatic carbocycles. The van der Waals surface area contributed by atoms with Gasteiger partial charge in [-0.3, -0.25) is 9.79 Å². The average Bonchev–Trinajstić information content (AvgIpc) is 2.16. The van der Waals surface area contributed by atoms with E-state index in [2.05, 4.69) is 4.99 Å². The van der Waals surface area contributed by atoms with E-state index in [4.69, 9.17) is 5.73 Å². The summed E-state index contributed by atoms with van der Waals surface area (Å²) in [5, 5.41) is 0. The molecule has 9 heavy (non-hydrogen) atoms. The summed E-state index contributed by atoms with van der Waals surface area (Å²) in [6, 6.07) is 0. The number of carbonyl (C=O) groups excluding carboxylic acids is 1. The minimum atomic E-state index is -0.634. The smallest absolute Gasteiger partial charge is 0.245 e. The van der Waals surface area contributed by atoms with E-state index in [-0.39, 0.29) is 5.91 Å². The summed E-state index contributed by atoms with van der Waals surface area (Å²) in [7, 11) is 0. The van der Waals surface area contributed by atoms with Crippen LogP contribution in [0.15, 0.2) is 4.99 Å². The molecular weight excluding hydrogens is 136 g/mol. The van der Waals surface area contributed by atoms with Gasteiger partial charge in [0.25, 0.3) is 0 Å². The van der Waals surface area contributed by atoms with Crippen molar-refractivity contribution in [3.8, 4) is 0 Å². The van der Waals surface area contributed by atoms with E-state index in [0.717, 1.165) is 0 Å². The topological polar surface area (TPSA) is 55.5 Å². The van der Waals surface area contributed by atoms with Crippen molar-refractivity contribution < 1.29 is 4.79 Å². The van der Waals surface area contributed by atoms with E-state index in [1.807, 2.05) is 0 Å². The standard InChI is InChI=1S/C5H8N2OS/c1-5(4(6)8)2-9-3-7-5/h3H,2H2,1H3,(H2,6,8). The Morgan fingerprint density at radius 2 is 2.67 bits per heavy atom. The summed E-state index contributed by atoms with van der Waals surface area (Å²) in [6.45, 7) is 1.74. The number of nitrogens with two attached hydrogens (primary N) is 1. The van der Waals surface area contributed by atoms with Crippen molar-refractivity contribution >= 4 is 23.2 Å². The molecule has 0 aliphatic carbocycles. The SMILES string of the molecule is CC1(C(N)=O)CSC=N1. The molecule has 4 heteroatoms. The van der Waals surface area contributed by atoms with Crippen molar-refractivity contribution in [3.05, 3.63) is 0 Å². The van der Waals surface area contributed by atoms with E-state index in [1.165, 1.54) is 11.8 Å². The second kappa shape index (κ2) is 2.02.